The molecule has 0 amide bonds. The van der Waals surface area contributed by atoms with Crippen LogP contribution in [0.2, 0.25) is 0 Å². The van der Waals surface area contributed by atoms with Crippen molar-refractivity contribution in [3.63, 3.8) is 0 Å². The Hall–Kier alpha value is -1.96. The fourth-order valence-corrected chi connectivity index (χ4v) is 3.07. The zero-order valence-electron chi connectivity index (χ0n) is 12.1. The zero-order chi connectivity index (χ0) is 13.9. The van der Waals surface area contributed by atoms with Gasteiger partial charge in [0.1, 0.15) is 5.75 Å². The van der Waals surface area contributed by atoms with Crippen LogP contribution in [0, 0.1) is 0 Å². The van der Waals surface area contributed by atoms with Crippen LogP contribution in [-0.4, -0.2) is 7.11 Å². The molecule has 0 aliphatic heterocycles. The van der Waals surface area contributed by atoms with E-state index in [0.717, 1.165) is 11.4 Å². The molecule has 1 aliphatic rings. The predicted molar refractivity (Wildman–Crippen MR) is 83.4 cm³/mol. The summed E-state index contributed by atoms with van der Waals surface area (Å²) in [5, 5.41) is 3.65. The maximum atomic E-state index is 5.29. The van der Waals surface area contributed by atoms with Crippen LogP contribution in [0.3, 0.4) is 0 Å². The molecule has 2 aromatic rings. The molecule has 1 N–H and O–H groups in total. The van der Waals surface area contributed by atoms with E-state index in [0.29, 0.717) is 12.0 Å². The topological polar surface area (TPSA) is 21.3 Å². The second-order valence-corrected chi connectivity index (χ2v) is 5.54. The average molecular weight is 267 g/mol. The van der Waals surface area contributed by atoms with Crippen molar-refractivity contribution in [3.05, 3.63) is 59.7 Å². The molecule has 2 aromatic carbocycles. The summed E-state index contributed by atoms with van der Waals surface area (Å²) in [7, 11) is 1.71. The number of nitrogens with one attached hydrogen (secondary N) is 1. The monoisotopic (exact) mass is 267 g/mol. The van der Waals surface area contributed by atoms with Gasteiger partial charge in [-0.1, -0.05) is 37.3 Å². The minimum atomic E-state index is 0.398. The van der Waals surface area contributed by atoms with Gasteiger partial charge in [-0.05, 0) is 42.0 Å². The normalized spacial score (nSPS) is 21.1. The second-order valence-electron chi connectivity index (χ2n) is 5.54. The first-order valence-corrected chi connectivity index (χ1v) is 7.27. The molecule has 2 heteroatoms. The standard InChI is InChI=1S/C18H21NO/c1-13-10-11-18(17-9-4-3-8-16(13)17)19-14-6-5-7-15(12-14)20-2/h3-9,12-13,18-19H,10-11H2,1-2H3. The van der Waals surface area contributed by atoms with Gasteiger partial charge in [0.2, 0.25) is 0 Å². The van der Waals surface area contributed by atoms with Crippen LogP contribution in [0.4, 0.5) is 5.69 Å². The molecule has 2 unspecified atom stereocenters. The van der Waals surface area contributed by atoms with Gasteiger partial charge in [0.25, 0.3) is 0 Å². The van der Waals surface area contributed by atoms with E-state index in [4.69, 9.17) is 4.74 Å². The first-order valence-electron chi connectivity index (χ1n) is 7.27. The molecule has 1 aliphatic carbocycles. The summed E-state index contributed by atoms with van der Waals surface area (Å²) in [6, 6.07) is 17.3. The van der Waals surface area contributed by atoms with Gasteiger partial charge in [0.15, 0.2) is 0 Å². The van der Waals surface area contributed by atoms with E-state index < -0.39 is 0 Å². The summed E-state index contributed by atoms with van der Waals surface area (Å²) in [5.41, 5.74) is 4.05. The molecule has 20 heavy (non-hydrogen) atoms. The SMILES string of the molecule is COc1cccc(NC2CCC(C)c3ccccc32)c1. The van der Waals surface area contributed by atoms with Crippen LogP contribution in [0.25, 0.3) is 0 Å². The Labute approximate surface area is 120 Å². The van der Waals surface area contributed by atoms with Crippen LogP contribution in [0.1, 0.15) is 42.9 Å². The van der Waals surface area contributed by atoms with E-state index in [1.54, 1.807) is 7.11 Å². The highest BCUT2D eigenvalue weighted by Gasteiger charge is 2.24. The summed E-state index contributed by atoms with van der Waals surface area (Å²) in [6.45, 7) is 2.32. The van der Waals surface area contributed by atoms with E-state index in [1.807, 2.05) is 12.1 Å². The van der Waals surface area contributed by atoms with E-state index in [1.165, 1.54) is 24.0 Å². The van der Waals surface area contributed by atoms with Crippen molar-refractivity contribution >= 4 is 5.69 Å². The lowest BCUT2D eigenvalue weighted by Gasteiger charge is -2.31. The molecule has 0 radical (unpaired) electrons. The Morgan fingerprint density at radius 2 is 1.80 bits per heavy atom. The number of anilines is 1. The number of fused-ring (bicyclic) bond motifs is 1. The maximum absolute atomic E-state index is 5.29. The Balaban J connectivity index is 1.86. The molecule has 0 bridgehead atoms. The van der Waals surface area contributed by atoms with Crippen molar-refractivity contribution < 1.29 is 4.74 Å². The van der Waals surface area contributed by atoms with Gasteiger partial charge < -0.3 is 10.1 Å². The van der Waals surface area contributed by atoms with Gasteiger partial charge in [-0.15, -0.1) is 0 Å². The number of rotatable bonds is 3. The highest BCUT2D eigenvalue weighted by Crippen LogP contribution is 2.38. The van der Waals surface area contributed by atoms with Crippen LogP contribution in [0.5, 0.6) is 5.75 Å². The van der Waals surface area contributed by atoms with Gasteiger partial charge in [-0.2, -0.15) is 0 Å². The summed E-state index contributed by atoms with van der Waals surface area (Å²) in [4.78, 5) is 0. The molecule has 0 saturated heterocycles. The summed E-state index contributed by atoms with van der Waals surface area (Å²) in [6.07, 6.45) is 2.41. The molecule has 3 rings (SSSR count). The molecule has 2 nitrogen and oxygen atoms in total. The van der Waals surface area contributed by atoms with Crippen LogP contribution in [0.15, 0.2) is 48.5 Å². The summed E-state index contributed by atoms with van der Waals surface area (Å²) in [5.74, 6) is 1.56. The Morgan fingerprint density at radius 1 is 1.00 bits per heavy atom. The van der Waals surface area contributed by atoms with E-state index in [2.05, 4.69) is 48.6 Å². The minimum absolute atomic E-state index is 0.398. The number of hydrogen-bond donors (Lipinski definition) is 1. The second kappa shape index (κ2) is 5.58. The van der Waals surface area contributed by atoms with Gasteiger partial charge in [-0.3, -0.25) is 0 Å². The first kappa shape index (κ1) is 13.0. The number of ether oxygens (including phenoxy) is 1. The van der Waals surface area contributed by atoms with Crippen molar-refractivity contribution in [2.24, 2.45) is 0 Å². The van der Waals surface area contributed by atoms with Crippen LogP contribution in [-0.2, 0) is 0 Å². The molecule has 0 fully saturated rings. The Bertz CT molecular complexity index is 593. The van der Waals surface area contributed by atoms with Gasteiger partial charge >= 0.3 is 0 Å². The molecule has 2 atom stereocenters. The average Bonchev–Trinajstić information content (AvgIpc) is 2.51. The van der Waals surface area contributed by atoms with E-state index in [-0.39, 0.29) is 0 Å². The molecule has 0 aromatic heterocycles. The first-order chi connectivity index (χ1) is 9.78. The molecular weight excluding hydrogens is 246 g/mol. The molecule has 104 valence electrons. The van der Waals surface area contributed by atoms with Crippen LogP contribution >= 0.6 is 0 Å². The fraction of sp³-hybridized carbons (Fsp3) is 0.333. The third kappa shape index (κ3) is 2.51. The van der Waals surface area contributed by atoms with Gasteiger partial charge in [0.05, 0.1) is 13.2 Å². The van der Waals surface area contributed by atoms with E-state index in [9.17, 15) is 0 Å². The molecule has 0 heterocycles. The third-order valence-electron chi connectivity index (χ3n) is 4.20. The zero-order valence-corrected chi connectivity index (χ0v) is 12.1. The van der Waals surface area contributed by atoms with Crippen molar-refractivity contribution in [3.8, 4) is 5.75 Å². The number of methoxy groups -OCH3 is 1. The largest absolute Gasteiger partial charge is 0.497 e. The lowest BCUT2D eigenvalue weighted by molar-refractivity contribution is 0.415. The number of benzene rings is 2. The van der Waals surface area contributed by atoms with E-state index >= 15 is 0 Å². The Kier molecular flexibility index (Phi) is 3.64. The smallest absolute Gasteiger partial charge is 0.120 e. The highest BCUT2D eigenvalue weighted by molar-refractivity contribution is 5.51. The quantitative estimate of drug-likeness (QED) is 0.866. The van der Waals surface area contributed by atoms with Crippen LogP contribution < -0.4 is 10.1 Å². The minimum Gasteiger partial charge on any atom is -0.497 e. The summed E-state index contributed by atoms with van der Waals surface area (Å²) < 4.78 is 5.29. The Morgan fingerprint density at radius 3 is 2.60 bits per heavy atom. The van der Waals surface area contributed by atoms with Crippen molar-refractivity contribution in [2.75, 3.05) is 12.4 Å². The lowest BCUT2D eigenvalue weighted by atomic mass is 9.81. The molecule has 0 spiro atoms. The van der Waals surface area contributed by atoms with Gasteiger partial charge in [-0.25, -0.2) is 0 Å². The van der Waals surface area contributed by atoms with Gasteiger partial charge in [0, 0.05) is 11.8 Å². The highest BCUT2D eigenvalue weighted by atomic mass is 16.5. The fourth-order valence-electron chi connectivity index (χ4n) is 3.07. The molecule has 0 saturated carbocycles. The molecular formula is C18H21NO. The van der Waals surface area contributed by atoms with Crippen molar-refractivity contribution in [1.29, 1.82) is 0 Å². The van der Waals surface area contributed by atoms with Crippen molar-refractivity contribution in [1.82, 2.24) is 0 Å². The lowest BCUT2D eigenvalue weighted by Crippen LogP contribution is -2.19. The van der Waals surface area contributed by atoms with Crippen molar-refractivity contribution in [2.45, 2.75) is 31.7 Å². The third-order valence-corrected chi connectivity index (χ3v) is 4.20. The summed E-state index contributed by atoms with van der Waals surface area (Å²) >= 11 is 0. The number of hydrogen-bond acceptors (Lipinski definition) is 2. The predicted octanol–water partition coefficient (Wildman–Crippen LogP) is 4.75. The maximum Gasteiger partial charge on any atom is 0.120 e.